The third kappa shape index (κ3) is 1.96. The highest BCUT2D eigenvalue weighted by molar-refractivity contribution is 5.29. The summed E-state index contributed by atoms with van der Waals surface area (Å²) in [6, 6.07) is 6.16. The van der Waals surface area contributed by atoms with E-state index in [0.717, 1.165) is 5.56 Å². The summed E-state index contributed by atoms with van der Waals surface area (Å²) in [5.41, 5.74) is 6.39. The van der Waals surface area contributed by atoms with Gasteiger partial charge in [-0.2, -0.15) is 0 Å². The Morgan fingerprint density at radius 1 is 1.42 bits per heavy atom. The van der Waals surface area contributed by atoms with Crippen LogP contribution in [0.4, 0.5) is 0 Å². The summed E-state index contributed by atoms with van der Waals surface area (Å²) < 4.78 is 0. The Morgan fingerprint density at radius 2 is 2.08 bits per heavy atom. The van der Waals surface area contributed by atoms with Crippen LogP contribution in [0.1, 0.15) is 18.5 Å². The first-order valence-corrected chi connectivity index (χ1v) is 3.84. The SMILES string of the molecule is CC(O)[C@H](N)c1cccc(O)c1. The first kappa shape index (κ1) is 9.03. The molecule has 1 aromatic rings. The molecule has 0 fully saturated rings. The van der Waals surface area contributed by atoms with Gasteiger partial charge >= 0.3 is 0 Å². The van der Waals surface area contributed by atoms with Gasteiger partial charge in [0.2, 0.25) is 0 Å². The third-order valence-electron chi connectivity index (χ3n) is 1.77. The van der Waals surface area contributed by atoms with Crippen LogP contribution in [0.25, 0.3) is 0 Å². The van der Waals surface area contributed by atoms with Gasteiger partial charge < -0.3 is 15.9 Å². The molecule has 1 unspecified atom stereocenters. The Hall–Kier alpha value is -1.06. The lowest BCUT2D eigenvalue weighted by molar-refractivity contribution is 0.164. The highest BCUT2D eigenvalue weighted by atomic mass is 16.3. The number of benzene rings is 1. The lowest BCUT2D eigenvalue weighted by atomic mass is 10.0. The highest BCUT2D eigenvalue weighted by Crippen LogP contribution is 2.18. The molecule has 1 rings (SSSR count). The number of hydrogen-bond donors (Lipinski definition) is 3. The van der Waals surface area contributed by atoms with Gasteiger partial charge in [-0.1, -0.05) is 12.1 Å². The van der Waals surface area contributed by atoms with E-state index in [9.17, 15) is 0 Å². The maximum Gasteiger partial charge on any atom is 0.115 e. The number of aromatic hydroxyl groups is 1. The van der Waals surface area contributed by atoms with Gasteiger partial charge in [0.1, 0.15) is 5.75 Å². The molecule has 2 atom stereocenters. The molecule has 0 heterocycles. The van der Waals surface area contributed by atoms with Crippen molar-refractivity contribution in [3.05, 3.63) is 29.8 Å². The molecule has 3 nitrogen and oxygen atoms in total. The van der Waals surface area contributed by atoms with E-state index in [0.29, 0.717) is 0 Å². The Morgan fingerprint density at radius 3 is 2.58 bits per heavy atom. The first-order valence-electron chi connectivity index (χ1n) is 3.84. The van der Waals surface area contributed by atoms with Crippen molar-refractivity contribution in [2.75, 3.05) is 0 Å². The van der Waals surface area contributed by atoms with Crippen LogP contribution < -0.4 is 5.73 Å². The van der Waals surface area contributed by atoms with E-state index in [4.69, 9.17) is 15.9 Å². The molecule has 0 spiro atoms. The minimum atomic E-state index is -0.605. The number of phenols is 1. The van der Waals surface area contributed by atoms with Crippen LogP contribution in [0.5, 0.6) is 5.75 Å². The van der Waals surface area contributed by atoms with Gasteiger partial charge in [0, 0.05) is 0 Å². The molecule has 4 N–H and O–H groups in total. The van der Waals surface area contributed by atoms with Gasteiger partial charge in [0.05, 0.1) is 12.1 Å². The number of hydrogen-bond acceptors (Lipinski definition) is 3. The molecule has 0 saturated carbocycles. The zero-order chi connectivity index (χ0) is 9.14. The molecule has 0 aliphatic carbocycles. The molecular weight excluding hydrogens is 154 g/mol. The Kier molecular flexibility index (Phi) is 2.68. The standard InChI is InChI=1S/C9H13NO2/c1-6(11)9(10)7-3-2-4-8(12)5-7/h2-6,9,11-12H,10H2,1H3/t6?,9-/m0/s1. The topological polar surface area (TPSA) is 66.5 Å². The molecule has 0 amide bonds. The van der Waals surface area contributed by atoms with Crippen LogP contribution in [-0.4, -0.2) is 16.3 Å². The van der Waals surface area contributed by atoms with Gasteiger partial charge in [-0.3, -0.25) is 0 Å². The van der Waals surface area contributed by atoms with E-state index in [-0.39, 0.29) is 5.75 Å². The van der Waals surface area contributed by atoms with Gasteiger partial charge in [0.15, 0.2) is 0 Å². The summed E-state index contributed by atoms with van der Waals surface area (Å²) >= 11 is 0. The van der Waals surface area contributed by atoms with E-state index in [2.05, 4.69) is 0 Å². The first-order chi connectivity index (χ1) is 5.61. The van der Waals surface area contributed by atoms with Crippen molar-refractivity contribution in [2.24, 2.45) is 5.73 Å². The van der Waals surface area contributed by atoms with Gasteiger partial charge in [0.25, 0.3) is 0 Å². The summed E-state index contributed by atoms with van der Waals surface area (Å²) in [5.74, 6) is 0.170. The van der Waals surface area contributed by atoms with E-state index < -0.39 is 12.1 Å². The summed E-state index contributed by atoms with van der Waals surface area (Å²) in [5, 5.41) is 18.3. The van der Waals surface area contributed by atoms with Crippen LogP contribution in [0.3, 0.4) is 0 Å². The minimum absolute atomic E-state index is 0.170. The zero-order valence-electron chi connectivity index (χ0n) is 6.94. The molecule has 0 saturated heterocycles. The molecule has 0 radical (unpaired) electrons. The van der Waals surface area contributed by atoms with Crippen molar-refractivity contribution in [3.63, 3.8) is 0 Å². The Bertz CT molecular complexity index is 260. The molecule has 0 aromatic heterocycles. The van der Waals surface area contributed by atoms with E-state index in [1.54, 1.807) is 31.2 Å². The molecule has 12 heavy (non-hydrogen) atoms. The highest BCUT2D eigenvalue weighted by Gasteiger charge is 2.11. The van der Waals surface area contributed by atoms with Gasteiger partial charge in [-0.15, -0.1) is 0 Å². The van der Waals surface area contributed by atoms with Crippen molar-refractivity contribution in [1.29, 1.82) is 0 Å². The molecule has 1 aromatic carbocycles. The fraction of sp³-hybridized carbons (Fsp3) is 0.333. The van der Waals surface area contributed by atoms with E-state index >= 15 is 0 Å². The van der Waals surface area contributed by atoms with Crippen LogP contribution >= 0.6 is 0 Å². The van der Waals surface area contributed by atoms with E-state index in [1.807, 2.05) is 0 Å². The van der Waals surface area contributed by atoms with Crippen molar-refractivity contribution >= 4 is 0 Å². The molecule has 0 bridgehead atoms. The van der Waals surface area contributed by atoms with Gasteiger partial charge in [-0.05, 0) is 24.6 Å². The van der Waals surface area contributed by atoms with Crippen molar-refractivity contribution in [1.82, 2.24) is 0 Å². The normalized spacial score (nSPS) is 15.6. The third-order valence-corrected chi connectivity index (χ3v) is 1.77. The summed E-state index contributed by atoms with van der Waals surface area (Å²) in [7, 11) is 0. The number of aliphatic hydroxyl groups excluding tert-OH is 1. The van der Waals surface area contributed by atoms with Crippen molar-refractivity contribution in [2.45, 2.75) is 19.1 Å². The van der Waals surface area contributed by atoms with Crippen molar-refractivity contribution in [3.8, 4) is 5.75 Å². The fourth-order valence-electron chi connectivity index (χ4n) is 1.01. The van der Waals surface area contributed by atoms with Crippen LogP contribution in [0.15, 0.2) is 24.3 Å². The summed E-state index contributed by atoms with van der Waals surface area (Å²) in [6.07, 6.45) is -0.605. The Balaban J connectivity index is 2.88. The number of nitrogens with two attached hydrogens (primary N) is 1. The lowest BCUT2D eigenvalue weighted by Crippen LogP contribution is -2.22. The largest absolute Gasteiger partial charge is 0.508 e. The molecular formula is C9H13NO2. The summed E-state index contributed by atoms with van der Waals surface area (Å²) in [6.45, 7) is 1.62. The molecule has 0 aliphatic rings. The van der Waals surface area contributed by atoms with Crippen molar-refractivity contribution < 1.29 is 10.2 Å². The monoisotopic (exact) mass is 167 g/mol. The predicted octanol–water partition coefficient (Wildman–Crippen LogP) is 0.773. The number of aliphatic hydroxyl groups is 1. The maximum absolute atomic E-state index is 9.16. The maximum atomic E-state index is 9.16. The Labute approximate surface area is 71.5 Å². The fourth-order valence-corrected chi connectivity index (χ4v) is 1.01. The molecule has 66 valence electrons. The molecule has 0 aliphatic heterocycles. The second-order valence-electron chi connectivity index (χ2n) is 2.86. The smallest absolute Gasteiger partial charge is 0.115 e. The number of rotatable bonds is 2. The zero-order valence-corrected chi connectivity index (χ0v) is 6.94. The van der Waals surface area contributed by atoms with Crippen LogP contribution in [0, 0.1) is 0 Å². The predicted molar refractivity (Wildman–Crippen MR) is 46.7 cm³/mol. The second-order valence-corrected chi connectivity index (χ2v) is 2.86. The molecule has 3 heteroatoms. The average Bonchev–Trinajstić information content (AvgIpc) is 2.03. The number of phenolic OH excluding ortho intramolecular Hbond substituents is 1. The van der Waals surface area contributed by atoms with Crippen LogP contribution in [0.2, 0.25) is 0 Å². The second kappa shape index (κ2) is 3.56. The minimum Gasteiger partial charge on any atom is -0.508 e. The lowest BCUT2D eigenvalue weighted by Gasteiger charge is -2.14. The van der Waals surface area contributed by atoms with Gasteiger partial charge in [-0.25, -0.2) is 0 Å². The van der Waals surface area contributed by atoms with E-state index in [1.165, 1.54) is 0 Å². The quantitative estimate of drug-likeness (QED) is 0.609. The average molecular weight is 167 g/mol. The van der Waals surface area contributed by atoms with Crippen LogP contribution in [-0.2, 0) is 0 Å². The summed E-state index contributed by atoms with van der Waals surface area (Å²) in [4.78, 5) is 0.